The maximum absolute atomic E-state index is 10.5. The van der Waals surface area contributed by atoms with Crippen LogP contribution >= 0.6 is 23.2 Å². The average Bonchev–Trinajstić information content (AvgIpc) is 2.60. The Balaban J connectivity index is 2.09. The largest absolute Gasteiger partial charge is 0.507 e. The molecule has 0 spiro atoms. The van der Waals surface area contributed by atoms with Gasteiger partial charge in [-0.3, -0.25) is 9.98 Å². The highest BCUT2D eigenvalue weighted by Gasteiger charge is 2.21. The van der Waals surface area contributed by atoms with Gasteiger partial charge in [0.1, 0.15) is 11.5 Å². The van der Waals surface area contributed by atoms with E-state index in [0.29, 0.717) is 34.3 Å². The molecule has 0 heterocycles. The molecule has 6 heteroatoms. The molecule has 4 nitrogen and oxygen atoms in total. The molecule has 0 saturated carbocycles. The molecule has 2 aromatic rings. The van der Waals surface area contributed by atoms with Crippen molar-refractivity contribution in [2.45, 2.75) is 52.4 Å². The second kappa shape index (κ2) is 9.40. The summed E-state index contributed by atoms with van der Waals surface area (Å²) in [5.74, 6) is 0.385. The highest BCUT2D eigenvalue weighted by molar-refractivity contribution is 6.31. The van der Waals surface area contributed by atoms with Crippen molar-refractivity contribution >= 4 is 35.6 Å². The summed E-state index contributed by atoms with van der Waals surface area (Å²) in [6.07, 6.45) is 3.22. The number of benzene rings is 2. The van der Waals surface area contributed by atoms with Gasteiger partial charge in [-0.15, -0.1) is 0 Å². The van der Waals surface area contributed by atoms with Gasteiger partial charge in [0.05, 0.1) is 13.1 Å². The van der Waals surface area contributed by atoms with Crippen molar-refractivity contribution < 1.29 is 10.2 Å². The summed E-state index contributed by atoms with van der Waals surface area (Å²) in [5.41, 5.74) is 2.26. The minimum atomic E-state index is -0.229. The van der Waals surface area contributed by atoms with Crippen LogP contribution in [-0.2, 0) is 10.8 Å². The minimum Gasteiger partial charge on any atom is -0.507 e. The number of nitrogens with zero attached hydrogens (tertiary/aromatic N) is 2. The minimum absolute atomic E-state index is 0.192. The zero-order valence-corrected chi connectivity index (χ0v) is 19.9. The second-order valence-corrected chi connectivity index (χ2v) is 10.2. The van der Waals surface area contributed by atoms with Crippen molar-refractivity contribution in [2.24, 2.45) is 9.98 Å². The third-order valence-electron chi connectivity index (χ3n) is 4.64. The Morgan fingerprint density at radius 1 is 0.700 bits per heavy atom. The highest BCUT2D eigenvalue weighted by Crippen LogP contribution is 2.36. The number of hydrogen-bond donors (Lipinski definition) is 2. The average molecular weight is 449 g/mol. The first kappa shape index (κ1) is 24.2. The summed E-state index contributed by atoms with van der Waals surface area (Å²) >= 11 is 12.4. The molecule has 0 bridgehead atoms. The third kappa shape index (κ3) is 6.23. The van der Waals surface area contributed by atoms with Crippen molar-refractivity contribution in [3.63, 3.8) is 0 Å². The van der Waals surface area contributed by atoms with E-state index in [1.54, 1.807) is 36.7 Å². The van der Waals surface area contributed by atoms with Crippen LogP contribution in [0.2, 0.25) is 10.0 Å². The first-order valence-electron chi connectivity index (χ1n) is 9.86. The zero-order chi connectivity index (χ0) is 22.7. The van der Waals surface area contributed by atoms with E-state index in [0.717, 1.165) is 11.1 Å². The van der Waals surface area contributed by atoms with Crippen LogP contribution in [0.15, 0.2) is 34.3 Å². The van der Waals surface area contributed by atoms with Crippen LogP contribution in [0, 0.1) is 0 Å². The van der Waals surface area contributed by atoms with Gasteiger partial charge in [-0.1, -0.05) is 64.7 Å². The predicted molar refractivity (Wildman–Crippen MR) is 129 cm³/mol. The van der Waals surface area contributed by atoms with Gasteiger partial charge in [0, 0.05) is 44.7 Å². The van der Waals surface area contributed by atoms with Crippen molar-refractivity contribution in [3.8, 4) is 11.5 Å². The van der Waals surface area contributed by atoms with Crippen LogP contribution in [-0.4, -0.2) is 35.7 Å². The van der Waals surface area contributed by atoms with Gasteiger partial charge in [0.2, 0.25) is 0 Å². The number of phenolic OH excluding ortho intramolecular Hbond substituents is 2. The Morgan fingerprint density at radius 2 is 1.03 bits per heavy atom. The standard InChI is InChI=1S/C24H30Cl2N2O2/c1-23(2,3)19-11-17(25)9-15(21(19)29)13-27-7-8-28-14-16-10-18(26)12-20(22(16)30)24(4,5)6/h9-14,29-30H,7-8H2,1-6H3. The number of rotatable bonds is 5. The van der Waals surface area contributed by atoms with E-state index in [2.05, 4.69) is 9.98 Å². The van der Waals surface area contributed by atoms with Gasteiger partial charge >= 0.3 is 0 Å². The number of halogens is 2. The quantitative estimate of drug-likeness (QED) is 0.402. The maximum atomic E-state index is 10.5. The van der Waals surface area contributed by atoms with E-state index in [4.69, 9.17) is 23.2 Å². The van der Waals surface area contributed by atoms with Crippen LogP contribution in [0.25, 0.3) is 0 Å². The highest BCUT2D eigenvalue weighted by atomic mass is 35.5. The topological polar surface area (TPSA) is 65.2 Å². The summed E-state index contributed by atoms with van der Waals surface area (Å²) in [4.78, 5) is 8.70. The first-order chi connectivity index (χ1) is 13.8. The maximum Gasteiger partial charge on any atom is 0.128 e. The number of aliphatic imine (C=N–C) groups is 2. The summed E-state index contributed by atoms with van der Waals surface area (Å²) in [5, 5.41) is 22.2. The van der Waals surface area contributed by atoms with Gasteiger partial charge in [0.15, 0.2) is 0 Å². The monoisotopic (exact) mass is 448 g/mol. The van der Waals surface area contributed by atoms with Gasteiger partial charge in [-0.05, 0) is 35.1 Å². The number of phenols is 2. The lowest BCUT2D eigenvalue weighted by atomic mass is 9.85. The molecule has 0 aromatic heterocycles. The Labute approximate surface area is 189 Å². The fourth-order valence-corrected chi connectivity index (χ4v) is 3.48. The van der Waals surface area contributed by atoms with Crippen molar-refractivity contribution in [3.05, 3.63) is 56.6 Å². The Kier molecular flexibility index (Phi) is 7.59. The molecule has 162 valence electrons. The Hall–Kier alpha value is -2.04. The molecule has 0 atom stereocenters. The molecule has 0 amide bonds. The van der Waals surface area contributed by atoms with Crippen molar-refractivity contribution in [2.75, 3.05) is 13.1 Å². The molecule has 2 aromatic carbocycles. The molecular weight excluding hydrogens is 419 g/mol. The van der Waals surface area contributed by atoms with Crippen molar-refractivity contribution in [1.82, 2.24) is 0 Å². The first-order valence-corrected chi connectivity index (χ1v) is 10.6. The lowest BCUT2D eigenvalue weighted by Crippen LogP contribution is -2.12. The van der Waals surface area contributed by atoms with Gasteiger partial charge in [-0.25, -0.2) is 0 Å². The SMILES string of the molecule is CC(C)(C)c1cc(Cl)cc(C=NCCN=Cc2cc(Cl)cc(C(C)(C)C)c2O)c1O. The lowest BCUT2D eigenvalue weighted by Gasteiger charge is -2.21. The molecule has 2 rings (SSSR count). The number of hydrogen-bond acceptors (Lipinski definition) is 4. The second-order valence-electron chi connectivity index (χ2n) is 9.35. The smallest absolute Gasteiger partial charge is 0.128 e. The van der Waals surface area contributed by atoms with E-state index >= 15 is 0 Å². The summed E-state index contributed by atoms with van der Waals surface area (Å²) < 4.78 is 0. The summed E-state index contributed by atoms with van der Waals surface area (Å²) in [7, 11) is 0. The third-order valence-corrected chi connectivity index (χ3v) is 5.08. The summed E-state index contributed by atoms with van der Waals surface area (Å²) in [6, 6.07) is 6.94. The molecular formula is C24H30Cl2N2O2. The zero-order valence-electron chi connectivity index (χ0n) is 18.4. The van der Waals surface area contributed by atoms with E-state index in [1.807, 2.05) is 41.5 Å². The van der Waals surface area contributed by atoms with E-state index in [-0.39, 0.29) is 22.3 Å². The Bertz CT molecular complexity index is 889. The van der Waals surface area contributed by atoms with Crippen LogP contribution in [0.1, 0.15) is 63.8 Å². The van der Waals surface area contributed by atoms with Crippen LogP contribution in [0.5, 0.6) is 11.5 Å². The molecule has 0 fully saturated rings. The van der Waals surface area contributed by atoms with Crippen molar-refractivity contribution in [1.29, 1.82) is 0 Å². The molecule has 30 heavy (non-hydrogen) atoms. The normalized spacial score (nSPS) is 12.9. The van der Waals surface area contributed by atoms with E-state index in [9.17, 15) is 10.2 Å². The fourth-order valence-electron chi connectivity index (χ4n) is 3.02. The Morgan fingerprint density at radius 3 is 1.33 bits per heavy atom. The lowest BCUT2D eigenvalue weighted by molar-refractivity contribution is 0.445. The van der Waals surface area contributed by atoms with E-state index in [1.165, 1.54) is 0 Å². The molecule has 0 aliphatic carbocycles. The van der Waals surface area contributed by atoms with E-state index < -0.39 is 0 Å². The van der Waals surface area contributed by atoms with Crippen LogP contribution < -0.4 is 0 Å². The molecule has 0 unspecified atom stereocenters. The van der Waals surface area contributed by atoms with Gasteiger partial charge < -0.3 is 10.2 Å². The molecule has 0 radical (unpaired) electrons. The van der Waals surface area contributed by atoms with Crippen LogP contribution in [0.3, 0.4) is 0 Å². The molecule has 0 saturated heterocycles. The summed E-state index contributed by atoms with van der Waals surface area (Å²) in [6.45, 7) is 13.0. The van der Waals surface area contributed by atoms with Gasteiger partial charge in [0.25, 0.3) is 0 Å². The van der Waals surface area contributed by atoms with Gasteiger partial charge in [-0.2, -0.15) is 0 Å². The molecule has 0 aliphatic heterocycles. The fraction of sp³-hybridized carbons (Fsp3) is 0.417. The predicted octanol–water partition coefficient (Wildman–Crippen LogP) is 6.54. The molecule has 2 N–H and O–H groups in total. The number of aromatic hydroxyl groups is 2. The molecule has 0 aliphatic rings. The van der Waals surface area contributed by atoms with Crippen LogP contribution in [0.4, 0.5) is 0 Å².